The van der Waals surface area contributed by atoms with Crippen LogP contribution in [0.2, 0.25) is 0 Å². The number of rotatable bonds is 5. The summed E-state index contributed by atoms with van der Waals surface area (Å²) in [7, 11) is 0. The van der Waals surface area contributed by atoms with Crippen LogP contribution in [0.3, 0.4) is 0 Å². The molecule has 1 saturated heterocycles. The summed E-state index contributed by atoms with van der Waals surface area (Å²) >= 11 is 0. The summed E-state index contributed by atoms with van der Waals surface area (Å²) in [5.74, 6) is 0.988. The average molecular weight is 421 g/mol. The Bertz CT molecular complexity index is 963. The van der Waals surface area contributed by atoms with Gasteiger partial charge in [0.1, 0.15) is 11.8 Å². The molecule has 1 unspecified atom stereocenters. The van der Waals surface area contributed by atoms with Crippen LogP contribution in [0, 0.1) is 6.92 Å². The standard InChI is InChI=1S/C26H32N2O3/c1-18(2)22-11-10-19(3)14-24(22)31-17-25(29)28-16-21-9-5-4-8-20(21)15-23(28)26(30)27-12-6-7-13-27/h4-5,8-11,14,18,23H,6-7,12-13,15-17H2,1-3H3. The molecule has 0 spiro atoms. The van der Waals surface area contributed by atoms with Gasteiger partial charge in [0.15, 0.2) is 6.61 Å². The molecule has 0 radical (unpaired) electrons. The molecule has 2 aliphatic heterocycles. The Kier molecular flexibility index (Phi) is 6.30. The number of nitrogens with zero attached hydrogens (tertiary/aromatic N) is 2. The molecule has 2 aliphatic rings. The fourth-order valence-electron chi connectivity index (χ4n) is 4.62. The van der Waals surface area contributed by atoms with Gasteiger partial charge in [-0.2, -0.15) is 0 Å². The Morgan fingerprint density at radius 1 is 1.06 bits per heavy atom. The molecule has 1 fully saturated rings. The van der Waals surface area contributed by atoms with E-state index in [-0.39, 0.29) is 18.4 Å². The van der Waals surface area contributed by atoms with Crippen LogP contribution >= 0.6 is 0 Å². The van der Waals surface area contributed by atoms with Crippen LogP contribution in [0.15, 0.2) is 42.5 Å². The van der Waals surface area contributed by atoms with Gasteiger partial charge in [0.05, 0.1) is 0 Å². The first-order valence-corrected chi connectivity index (χ1v) is 11.3. The van der Waals surface area contributed by atoms with E-state index in [0.717, 1.165) is 53.9 Å². The van der Waals surface area contributed by atoms with E-state index in [1.807, 2.05) is 36.1 Å². The SMILES string of the molecule is Cc1ccc(C(C)C)c(OCC(=O)N2Cc3ccccc3CC2C(=O)N2CCCC2)c1. The van der Waals surface area contributed by atoms with Gasteiger partial charge < -0.3 is 14.5 Å². The maximum Gasteiger partial charge on any atom is 0.261 e. The zero-order chi connectivity index (χ0) is 22.0. The van der Waals surface area contributed by atoms with Crippen molar-refractivity contribution < 1.29 is 14.3 Å². The van der Waals surface area contributed by atoms with Crippen LogP contribution in [0.4, 0.5) is 0 Å². The molecular formula is C26H32N2O3. The van der Waals surface area contributed by atoms with Gasteiger partial charge in [0.2, 0.25) is 5.91 Å². The van der Waals surface area contributed by atoms with Gasteiger partial charge >= 0.3 is 0 Å². The smallest absolute Gasteiger partial charge is 0.261 e. The van der Waals surface area contributed by atoms with Crippen molar-refractivity contribution in [3.05, 3.63) is 64.7 Å². The molecular weight excluding hydrogens is 388 g/mol. The maximum atomic E-state index is 13.3. The fourth-order valence-corrected chi connectivity index (χ4v) is 4.62. The first kappa shape index (κ1) is 21.4. The van der Waals surface area contributed by atoms with Crippen LogP contribution in [0.25, 0.3) is 0 Å². The third-order valence-electron chi connectivity index (χ3n) is 6.41. The summed E-state index contributed by atoms with van der Waals surface area (Å²) in [5, 5.41) is 0. The Labute approximate surface area is 185 Å². The normalized spacial score (nSPS) is 18.3. The van der Waals surface area contributed by atoms with Gasteiger partial charge in [0, 0.05) is 26.1 Å². The maximum absolute atomic E-state index is 13.3. The molecule has 2 heterocycles. The molecule has 0 saturated carbocycles. The van der Waals surface area contributed by atoms with E-state index < -0.39 is 6.04 Å². The number of carbonyl (C=O) groups excluding carboxylic acids is 2. The van der Waals surface area contributed by atoms with Crippen molar-refractivity contribution in [2.24, 2.45) is 0 Å². The predicted octanol–water partition coefficient (Wildman–Crippen LogP) is 4.07. The summed E-state index contributed by atoms with van der Waals surface area (Å²) in [6, 6.07) is 13.8. The summed E-state index contributed by atoms with van der Waals surface area (Å²) in [4.78, 5) is 30.2. The number of amides is 2. The highest BCUT2D eigenvalue weighted by Crippen LogP contribution is 2.29. The monoisotopic (exact) mass is 420 g/mol. The highest BCUT2D eigenvalue weighted by atomic mass is 16.5. The van der Waals surface area contributed by atoms with E-state index in [1.165, 1.54) is 0 Å². The number of hydrogen-bond acceptors (Lipinski definition) is 3. The second-order valence-corrected chi connectivity index (χ2v) is 9.03. The average Bonchev–Trinajstić information content (AvgIpc) is 3.31. The minimum absolute atomic E-state index is 0.0604. The Morgan fingerprint density at radius 2 is 1.77 bits per heavy atom. The van der Waals surface area contributed by atoms with E-state index in [1.54, 1.807) is 4.90 Å². The second-order valence-electron chi connectivity index (χ2n) is 9.03. The molecule has 2 amide bonds. The second kappa shape index (κ2) is 9.13. The molecule has 0 bridgehead atoms. The van der Waals surface area contributed by atoms with E-state index in [9.17, 15) is 9.59 Å². The van der Waals surface area contributed by atoms with Crippen LogP contribution in [0.5, 0.6) is 5.75 Å². The van der Waals surface area contributed by atoms with Crippen LogP contribution in [-0.2, 0) is 22.6 Å². The van der Waals surface area contributed by atoms with Crippen molar-refractivity contribution in [3.63, 3.8) is 0 Å². The highest BCUT2D eigenvalue weighted by molar-refractivity contribution is 5.89. The Hall–Kier alpha value is -2.82. The Balaban J connectivity index is 1.54. The fraction of sp³-hybridized carbons (Fsp3) is 0.462. The number of aryl methyl sites for hydroxylation is 1. The van der Waals surface area contributed by atoms with Gasteiger partial charge in [0.25, 0.3) is 5.91 Å². The topological polar surface area (TPSA) is 49.9 Å². The lowest BCUT2D eigenvalue weighted by Gasteiger charge is -2.37. The van der Waals surface area contributed by atoms with E-state index in [4.69, 9.17) is 4.74 Å². The number of ether oxygens (including phenoxy) is 1. The molecule has 0 N–H and O–H groups in total. The first-order valence-electron chi connectivity index (χ1n) is 11.3. The lowest BCUT2D eigenvalue weighted by atomic mass is 9.93. The van der Waals surface area contributed by atoms with Crippen molar-refractivity contribution in [1.29, 1.82) is 0 Å². The minimum atomic E-state index is -0.453. The van der Waals surface area contributed by atoms with E-state index in [2.05, 4.69) is 32.0 Å². The van der Waals surface area contributed by atoms with Gasteiger partial charge in [-0.3, -0.25) is 9.59 Å². The number of hydrogen-bond donors (Lipinski definition) is 0. The zero-order valence-electron chi connectivity index (χ0n) is 18.8. The van der Waals surface area contributed by atoms with Gasteiger partial charge in [-0.1, -0.05) is 50.2 Å². The summed E-state index contributed by atoms with van der Waals surface area (Å²) in [6.07, 6.45) is 2.65. The van der Waals surface area contributed by atoms with Crippen LogP contribution in [-0.4, -0.2) is 47.4 Å². The molecule has 4 rings (SSSR count). The molecule has 164 valence electrons. The highest BCUT2D eigenvalue weighted by Gasteiger charge is 2.37. The van der Waals surface area contributed by atoms with Crippen molar-refractivity contribution in [3.8, 4) is 5.75 Å². The van der Waals surface area contributed by atoms with Gasteiger partial charge in [-0.05, 0) is 54.0 Å². The third-order valence-corrected chi connectivity index (χ3v) is 6.41. The van der Waals surface area contributed by atoms with Crippen LogP contribution < -0.4 is 4.74 Å². The molecule has 2 aromatic carbocycles. The molecule has 5 nitrogen and oxygen atoms in total. The van der Waals surface area contributed by atoms with Crippen molar-refractivity contribution in [2.45, 2.75) is 58.5 Å². The molecule has 31 heavy (non-hydrogen) atoms. The minimum Gasteiger partial charge on any atom is -0.483 e. The Morgan fingerprint density at radius 3 is 2.48 bits per heavy atom. The number of carbonyl (C=O) groups is 2. The zero-order valence-corrected chi connectivity index (χ0v) is 18.8. The molecule has 5 heteroatoms. The van der Waals surface area contributed by atoms with Crippen LogP contribution in [0.1, 0.15) is 54.9 Å². The summed E-state index contributed by atoms with van der Waals surface area (Å²) in [6.45, 7) is 8.22. The molecule has 2 aromatic rings. The number of fused-ring (bicyclic) bond motifs is 1. The lowest BCUT2D eigenvalue weighted by Crippen LogP contribution is -2.54. The van der Waals surface area contributed by atoms with E-state index in [0.29, 0.717) is 18.9 Å². The van der Waals surface area contributed by atoms with E-state index >= 15 is 0 Å². The van der Waals surface area contributed by atoms with Gasteiger partial charge in [-0.15, -0.1) is 0 Å². The summed E-state index contributed by atoms with van der Waals surface area (Å²) < 4.78 is 6.02. The quantitative estimate of drug-likeness (QED) is 0.733. The third kappa shape index (κ3) is 4.60. The molecule has 0 aliphatic carbocycles. The van der Waals surface area contributed by atoms with Gasteiger partial charge in [-0.25, -0.2) is 0 Å². The molecule has 0 aromatic heterocycles. The lowest BCUT2D eigenvalue weighted by molar-refractivity contribution is -0.147. The predicted molar refractivity (Wildman–Crippen MR) is 121 cm³/mol. The largest absolute Gasteiger partial charge is 0.483 e. The van der Waals surface area contributed by atoms with Crippen molar-refractivity contribution >= 4 is 11.8 Å². The van der Waals surface area contributed by atoms with Crippen molar-refractivity contribution in [2.75, 3.05) is 19.7 Å². The molecule has 1 atom stereocenters. The summed E-state index contributed by atoms with van der Waals surface area (Å²) in [5.41, 5.74) is 4.46. The number of benzene rings is 2. The first-order chi connectivity index (χ1) is 14.9. The van der Waals surface area contributed by atoms with Crippen molar-refractivity contribution in [1.82, 2.24) is 9.80 Å². The number of likely N-dealkylation sites (tertiary alicyclic amines) is 1.